The van der Waals surface area contributed by atoms with Crippen LogP contribution in [-0.2, 0) is 16.0 Å². The number of aromatic nitrogens is 1. The van der Waals surface area contributed by atoms with Gasteiger partial charge in [-0.2, -0.15) is 0 Å². The minimum absolute atomic E-state index is 0.0793. The van der Waals surface area contributed by atoms with E-state index in [9.17, 15) is 19.5 Å². The normalized spacial score (nSPS) is 24.2. The molecule has 1 aliphatic heterocycles. The van der Waals surface area contributed by atoms with Crippen LogP contribution in [0.3, 0.4) is 0 Å². The Labute approximate surface area is 150 Å². The van der Waals surface area contributed by atoms with E-state index in [0.717, 1.165) is 40.6 Å². The highest BCUT2D eigenvalue weighted by Crippen LogP contribution is 2.31. The van der Waals surface area contributed by atoms with Crippen molar-refractivity contribution in [2.24, 2.45) is 5.92 Å². The summed E-state index contributed by atoms with van der Waals surface area (Å²) >= 11 is 0. The summed E-state index contributed by atoms with van der Waals surface area (Å²) in [6, 6.07) is 5.59. The smallest absolute Gasteiger partial charge is 0.327 e. The lowest BCUT2D eigenvalue weighted by molar-refractivity contribution is -0.151. The van der Waals surface area contributed by atoms with E-state index in [1.165, 1.54) is 0 Å². The predicted octanol–water partition coefficient (Wildman–Crippen LogP) is 2.27. The number of benzene rings is 1. The van der Waals surface area contributed by atoms with E-state index >= 15 is 0 Å². The first kappa shape index (κ1) is 16.6. The molecule has 1 saturated heterocycles. The molecular weight excluding hydrogens is 334 g/mol. The monoisotopic (exact) mass is 355 g/mol. The summed E-state index contributed by atoms with van der Waals surface area (Å²) in [5.41, 5.74) is 1.67. The summed E-state index contributed by atoms with van der Waals surface area (Å²) in [4.78, 5) is 41.4. The number of carboxylic acids is 1. The van der Waals surface area contributed by atoms with Crippen molar-refractivity contribution in [3.05, 3.63) is 36.0 Å². The molecule has 136 valence electrons. The summed E-state index contributed by atoms with van der Waals surface area (Å²) in [7, 11) is 0. The molecule has 2 fully saturated rings. The largest absolute Gasteiger partial charge is 0.480 e. The number of imide groups is 1. The number of hydrogen-bond donors (Lipinski definition) is 3. The second-order valence-electron chi connectivity index (χ2n) is 7.07. The average molecular weight is 355 g/mol. The zero-order chi connectivity index (χ0) is 18.3. The van der Waals surface area contributed by atoms with Crippen LogP contribution in [0.25, 0.3) is 10.9 Å². The van der Waals surface area contributed by atoms with E-state index in [2.05, 4.69) is 10.3 Å². The molecule has 1 aromatic heterocycles. The number of rotatable bonds is 4. The van der Waals surface area contributed by atoms with Crippen LogP contribution >= 0.6 is 0 Å². The van der Waals surface area contributed by atoms with Crippen molar-refractivity contribution in [1.29, 1.82) is 0 Å². The second-order valence-corrected chi connectivity index (χ2v) is 7.07. The Morgan fingerprint density at radius 2 is 2.00 bits per heavy atom. The molecule has 2 heterocycles. The van der Waals surface area contributed by atoms with Crippen molar-refractivity contribution >= 4 is 28.8 Å². The van der Waals surface area contributed by atoms with Gasteiger partial charge in [-0.1, -0.05) is 31.0 Å². The fourth-order valence-corrected chi connectivity index (χ4v) is 4.20. The summed E-state index contributed by atoms with van der Waals surface area (Å²) < 4.78 is 0. The number of amides is 3. The number of fused-ring (bicyclic) bond motifs is 2. The number of aromatic amines is 1. The molecule has 26 heavy (non-hydrogen) atoms. The summed E-state index contributed by atoms with van der Waals surface area (Å²) in [6.07, 6.45) is 5.20. The summed E-state index contributed by atoms with van der Waals surface area (Å²) in [5, 5.41) is 13.5. The third kappa shape index (κ3) is 2.73. The molecule has 7 heteroatoms. The van der Waals surface area contributed by atoms with E-state index in [1.807, 2.05) is 24.3 Å². The first-order valence-electron chi connectivity index (χ1n) is 8.97. The van der Waals surface area contributed by atoms with E-state index in [0.29, 0.717) is 6.42 Å². The Kier molecular flexibility index (Phi) is 4.14. The highest BCUT2D eigenvalue weighted by atomic mass is 16.4. The van der Waals surface area contributed by atoms with Crippen LogP contribution in [0.4, 0.5) is 4.79 Å². The molecule has 0 bridgehead atoms. The number of carbonyl (C=O) groups is 3. The van der Waals surface area contributed by atoms with Crippen LogP contribution in [0.2, 0.25) is 0 Å². The molecule has 2 aromatic rings. The number of carbonyl (C=O) groups excluding carboxylic acids is 2. The van der Waals surface area contributed by atoms with Crippen LogP contribution in [0.5, 0.6) is 0 Å². The highest BCUT2D eigenvalue weighted by molar-refractivity contribution is 6.02. The molecule has 2 unspecified atom stereocenters. The quantitative estimate of drug-likeness (QED) is 0.783. The Morgan fingerprint density at radius 1 is 1.23 bits per heavy atom. The Balaban J connectivity index is 1.64. The fraction of sp³-hybridized carbons (Fsp3) is 0.421. The van der Waals surface area contributed by atoms with Crippen LogP contribution < -0.4 is 5.32 Å². The van der Waals surface area contributed by atoms with Gasteiger partial charge in [-0.25, -0.2) is 14.5 Å². The van der Waals surface area contributed by atoms with Gasteiger partial charge in [0.2, 0.25) is 5.91 Å². The highest BCUT2D eigenvalue weighted by Gasteiger charge is 2.46. The van der Waals surface area contributed by atoms with Crippen molar-refractivity contribution in [2.75, 3.05) is 0 Å². The fourth-order valence-electron chi connectivity index (χ4n) is 4.20. The lowest BCUT2D eigenvalue weighted by Crippen LogP contribution is -2.64. The maximum Gasteiger partial charge on any atom is 0.327 e. The molecule has 1 aliphatic carbocycles. The van der Waals surface area contributed by atoms with Gasteiger partial charge in [-0.3, -0.25) is 4.79 Å². The minimum Gasteiger partial charge on any atom is -0.480 e. The van der Waals surface area contributed by atoms with Crippen LogP contribution in [0.15, 0.2) is 30.5 Å². The minimum atomic E-state index is -1.22. The van der Waals surface area contributed by atoms with Gasteiger partial charge in [-0.05, 0) is 24.5 Å². The van der Waals surface area contributed by atoms with Gasteiger partial charge in [0.05, 0.1) is 5.92 Å². The number of hydrogen-bond acceptors (Lipinski definition) is 3. The lowest BCUT2D eigenvalue weighted by atomic mass is 9.82. The van der Waals surface area contributed by atoms with E-state index in [-0.39, 0.29) is 24.3 Å². The van der Waals surface area contributed by atoms with Crippen molar-refractivity contribution in [3.63, 3.8) is 0 Å². The molecule has 0 spiro atoms. The molecule has 3 atom stereocenters. The predicted molar refractivity (Wildman–Crippen MR) is 94.6 cm³/mol. The molecular formula is C19H21N3O4. The Bertz CT molecular complexity index is 875. The molecule has 3 amide bonds. The zero-order valence-electron chi connectivity index (χ0n) is 14.3. The number of para-hydroxylation sites is 1. The van der Waals surface area contributed by atoms with Gasteiger partial charge >= 0.3 is 12.0 Å². The number of nitrogens with zero attached hydrogens (tertiary/aromatic N) is 1. The number of carboxylic acid groups (broad SMARTS) is 1. The molecule has 2 aliphatic rings. The van der Waals surface area contributed by atoms with Crippen LogP contribution in [0.1, 0.15) is 31.2 Å². The van der Waals surface area contributed by atoms with Crippen LogP contribution in [0, 0.1) is 5.92 Å². The van der Waals surface area contributed by atoms with E-state index in [1.54, 1.807) is 6.20 Å². The molecule has 3 N–H and O–H groups in total. The first-order valence-corrected chi connectivity index (χ1v) is 8.97. The number of nitrogens with one attached hydrogen (secondary N) is 2. The van der Waals surface area contributed by atoms with Gasteiger partial charge in [0.15, 0.2) is 0 Å². The first-order chi connectivity index (χ1) is 12.6. The molecule has 1 saturated carbocycles. The van der Waals surface area contributed by atoms with Gasteiger partial charge in [0.1, 0.15) is 6.04 Å². The van der Waals surface area contributed by atoms with Crippen molar-refractivity contribution in [1.82, 2.24) is 15.2 Å². The van der Waals surface area contributed by atoms with E-state index in [4.69, 9.17) is 0 Å². The summed E-state index contributed by atoms with van der Waals surface area (Å²) in [5.74, 6) is -1.84. The Hall–Kier alpha value is -2.83. The van der Waals surface area contributed by atoms with Gasteiger partial charge in [0.25, 0.3) is 0 Å². The van der Waals surface area contributed by atoms with Gasteiger partial charge in [-0.15, -0.1) is 0 Å². The van der Waals surface area contributed by atoms with Crippen molar-refractivity contribution in [2.45, 2.75) is 44.2 Å². The number of urea groups is 1. The maximum atomic E-state index is 12.9. The Morgan fingerprint density at radius 3 is 2.81 bits per heavy atom. The SMILES string of the molecule is O=C(O)[C@H](Cc1c[nH]c2ccccc12)N1C(=O)NC2CCCCC2C1=O. The summed E-state index contributed by atoms with van der Waals surface area (Å²) in [6.45, 7) is 0. The third-order valence-electron chi connectivity index (χ3n) is 5.53. The molecule has 7 nitrogen and oxygen atoms in total. The molecule has 4 rings (SSSR count). The topological polar surface area (TPSA) is 102 Å². The van der Waals surface area contributed by atoms with E-state index < -0.39 is 18.0 Å². The maximum absolute atomic E-state index is 12.9. The average Bonchev–Trinajstić information content (AvgIpc) is 3.04. The zero-order valence-corrected chi connectivity index (χ0v) is 14.3. The number of aliphatic carboxylic acids is 1. The molecule has 0 radical (unpaired) electrons. The molecule has 1 aromatic carbocycles. The van der Waals surface area contributed by atoms with Gasteiger partial charge < -0.3 is 15.4 Å². The third-order valence-corrected chi connectivity index (χ3v) is 5.53. The lowest BCUT2D eigenvalue weighted by Gasteiger charge is -2.41. The van der Waals surface area contributed by atoms with Gasteiger partial charge in [0, 0.05) is 29.6 Å². The number of H-pyrrole nitrogens is 1. The van der Waals surface area contributed by atoms with Crippen molar-refractivity contribution < 1.29 is 19.5 Å². The standard InChI is InChI=1S/C19H21N3O4/c23-17-13-6-2-4-8-15(13)21-19(26)22(17)16(18(24)25)9-11-10-20-14-7-3-1-5-12(11)14/h1,3,5,7,10,13,15-16,20H,2,4,6,8-9H2,(H,21,26)(H,24,25)/t13?,15?,16-/m0/s1. The second kappa shape index (κ2) is 6.48. The van der Waals surface area contributed by atoms with Crippen LogP contribution in [-0.4, -0.2) is 45.0 Å². The van der Waals surface area contributed by atoms with Crippen molar-refractivity contribution in [3.8, 4) is 0 Å².